The minimum Gasteiger partial charge on any atom is -0.351 e. The van der Waals surface area contributed by atoms with Crippen LogP contribution in [0.15, 0.2) is 24.3 Å². The van der Waals surface area contributed by atoms with E-state index in [1.54, 1.807) is 0 Å². The summed E-state index contributed by atoms with van der Waals surface area (Å²) in [5, 5.41) is 2.75. The van der Waals surface area contributed by atoms with Gasteiger partial charge >= 0.3 is 0 Å². The van der Waals surface area contributed by atoms with Crippen LogP contribution in [0.1, 0.15) is 22.8 Å². The maximum atomic E-state index is 11.6. The van der Waals surface area contributed by atoms with E-state index >= 15 is 0 Å². The van der Waals surface area contributed by atoms with Gasteiger partial charge < -0.3 is 5.32 Å². The summed E-state index contributed by atoms with van der Waals surface area (Å²) in [4.78, 5) is 11.6. The van der Waals surface area contributed by atoms with Crippen molar-refractivity contribution in [3.05, 3.63) is 35.4 Å². The van der Waals surface area contributed by atoms with Gasteiger partial charge in [-0.1, -0.05) is 25.1 Å². The van der Waals surface area contributed by atoms with Gasteiger partial charge in [0.15, 0.2) is 0 Å². The van der Waals surface area contributed by atoms with E-state index in [1.807, 2.05) is 31.2 Å². The normalized spacial score (nSPS) is 9.86. The van der Waals surface area contributed by atoms with Gasteiger partial charge in [0.25, 0.3) is 5.91 Å². The Balaban J connectivity index is 2.78. The fraction of sp³-hybridized carbons (Fsp3) is 0.364. The number of carbonyl (C=O) groups excluding carboxylic acids is 1. The van der Waals surface area contributed by atoms with Gasteiger partial charge in [0.2, 0.25) is 0 Å². The van der Waals surface area contributed by atoms with Crippen LogP contribution in [0.3, 0.4) is 0 Å². The largest absolute Gasteiger partial charge is 0.351 e. The third-order valence-corrected chi connectivity index (χ3v) is 2.21. The fourth-order valence-corrected chi connectivity index (χ4v) is 1.40. The first-order valence-electron chi connectivity index (χ1n) is 4.71. The fourth-order valence-electron chi connectivity index (χ4n) is 1.31. The lowest BCUT2D eigenvalue weighted by Crippen LogP contribution is -2.26. The van der Waals surface area contributed by atoms with E-state index in [2.05, 4.69) is 5.32 Å². The van der Waals surface area contributed by atoms with Crippen molar-refractivity contribution in [2.45, 2.75) is 13.3 Å². The van der Waals surface area contributed by atoms with Crippen molar-refractivity contribution in [2.75, 3.05) is 12.4 Å². The summed E-state index contributed by atoms with van der Waals surface area (Å²) in [5.74, 6) is 0.406. The van der Waals surface area contributed by atoms with E-state index in [0.717, 1.165) is 17.5 Å². The van der Waals surface area contributed by atoms with Crippen LogP contribution in [0.4, 0.5) is 0 Å². The molecule has 0 aliphatic carbocycles. The first kappa shape index (κ1) is 11.1. The average molecular weight is 212 g/mol. The summed E-state index contributed by atoms with van der Waals surface area (Å²) in [6.45, 7) is 2.55. The highest BCUT2D eigenvalue weighted by Crippen LogP contribution is 2.08. The molecule has 14 heavy (non-hydrogen) atoms. The lowest BCUT2D eigenvalue weighted by molar-refractivity contribution is 0.0955. The van der Waals surface area contributed by atoms with Crippen molar-refractivity contribution in [1.82, 2.24) is 5.32 Å². The number of nitrogens with one attached hydrogen (secondary N) is 1. The molecular formula is C11H14ClNO. The molecule has 0 saturated heterocycles. The zero-order chi connectivity index (χ0) is 10.4. The predicted octanol–water partition coefficient (Wildman–Crippen LogP) is 2.22. The molecule has 0 bridgehead atoms. The van der Waals surface area contributed by atoms with Crippen LogP contribution in [-0.4, -0.2) is 18.3 Å². The van der Waals surface area contributed by atoms with Crippen LogP contribution >= 0.6 is 11.6 Å². The highest BCUT2D eigenvalue weighted by Gasteiger charge is 2.07. The summed E-state index contributed by atoms with van der Waals surface area (Å²) in [6.07, 6.45) is 0.866. The minimum absolute atomic E-state index is 0.0388. The maximum absolute atomic E-state index is 11.6. The van der Waals surface area contributed by atoms with E-state index in [9.17, 15) is 4.79 Å². The summed E-state index contributed by atoms with van der Waals surface area (Å²) < 4.78 is 0. The number of halogens is 1. The van der Waals surface area contributed by atoms with Crippen molar-refractivity contribution < 1.29 is 4.79 Å². The summed E-state index contributed by atoms with van der Waals surface area (Å²) in [7, 11) is 0. The van der Waals surface area contributed by atoms with Crippen LogP contribution in [0.2, 0.25) is 0 Å². The molecule has 0 heterocycles. The van der Waals surface area contributed by atoms with Crippen LogP contribution in [0.5, 0.6) is 0 Å². The summed E-state index contributed by atoms with van der Waals surface area (Å²) in [5.41, 5.74) is 1.82. The van der Waals surface area contributed by atoms with Crippen LogP contribution in [0, 0.1) is 0 Å². The molecule has 0 aliphatic rings. The Hall–Kier alpha value is -1.02. The van der Waals surface area contributed by atoms with Crippen molar-refractivity contribution in [2.24, 2.45) is 0 Å². The van der Waals surface area contributed by atoms with E-state index in [0.29, 0.717) is 12.4 Å². The third-order valence-electron chi connectivity index (χ3n) is 2.02. The molecule has 3 heteroatoms. The Morgan fingerprint density at radius 3 is 2.79 bits per heavy atom. The molecule has 1 aromatic carbocycles. The van der Waals surface area contributed by atoms with Gasteiger partial charge in [0.1, 0.15) is 0 Å². The van der Waals surface area contributed by atoms with Crippen molar-refractivity contribution in [1.29, 1.82) is 0 Å². The number of carbonyl (C=O) groups is 1. The molecule has 1 amide bonds. The molecule has 76 valence electrons. The lowest BCUT2D eigenvalue weighted by Gasteiger charge is -2.07. The van der Waals surface area contributed by atoms with Gasteiger partial charge in [-0.2, -0.15) is 0 Å². The quantitative estimate of drug-likeness (QED) is 0.761. The van der Waals surface area contributed by atoms with Crippen molar-refractivity contribution in [3.8, 4) is 0 Å². The number of aryl methyl sites for hydroxylation is 1. The predicted molar refractivity (Wildman–Crippen MR) is 58.9 cm³/mol. The van der Waals surface area contributed by atoms with E-state index in [4.69, 9.17) is 11.6 Å². The van der Waals surface area contributed by atoms with Gasteiger partial charge in [0, 0.05) is 18.0 Å². The standard InChI is InChI=1S/C11H14ClNO/c1-2-9-5-3-4-6-10(9)11(14)13-8-7-12/h3-6H,2,7-8H2,1H3,(H,13,14). The Bertz CT molecular complexity index is 312. The molecule has 0 spiro atoms. The highest BCUT2D eigenvalue weighted by atomic mass is 35.5. The SMILES string of the molecule is CCc1ccccc1C(=O)NCCCl. The minimum atomic E-state index is -0.0388. The van der Waals surface area contributed by atoms with Gasteiger partial charge in [-0.25, -0.2) is 0 Å². The highest BCUT2D eigenvalue weighted by molar-refractivity contribution is 6.18. The lowest BCUT2D eigenvalue weighted by atomic mass is 10.1. The molecule has 1 aromatic rings. The molecule has 0 fully saturated rings. The molecule has 0 saturated carbocycles. The first-order chi connectivity index (χ1) is 6.79. The molecular weight excluding hydrogens is 198 g/mol. The summed E-state index contributed by atoms with van der Waals surface area (Å²) in [6, 6.07) is 7.62. The molecule has 0 unspecified atom stereocenters. The first-order valence-corrected chi connectivity index (χ1v) is 5.25. The second kappa shape index (κ2) is 5.66. The molecule has 0 atom stereocenters. The monoisotopic (exact) mass is 211 g/mol. The Kier molecular flexibility index (Phi) is 4.47. The number of hydrogen-bond acceptors (Lipinski definition) is 1. The van der Waals surface area contributed by atoms with E-state index in [1.165, 1.54) is 0 Å². The molecule has 2 nitrogen and oxygen atoms in total. The number of rotatable bonds is 4. The smallest absolute Gasteiger partial charge is 0.251 e. The number of alkyl halides is 1. The second-order valence-corrected chi connectivity index (χ2v) is 3.33. The third kappa shape index (κ3) is 2.74. The number of amides is 1. The van der Waals surface area contributed by atoms with Gasteiger partial charge in [-0.15, -0.1) is 11.6 Å². The van der Waals surface area contributed by atoms with Gasteiger partial charge in [-0.3, -0.25) is 4.79 Å². The average Bonchev–Trinajstić information content (AvgIpc) is 2.25. The second-order valence-electron chi connectivity index (χ2n) is 2.96. The zero-order valence-electron chi connectivity index (χ0n) is 8.22. The number of hydrogen-bond donors (Lipinski definition) is 1. The molecule has 0 radical (unpaired) electrons. The van der Waals surface area contributed by atoms with E-state index < -0.39 is 0 Å². The Morgan fingerprint density at radius 2 is 2.14 bits per heavy atom. The maximum Gasteiger partial charge on any atom is 0.251 e. The molecule has 1 rings (SSSR count). The zero-order valence-corrected chi connectivity index (χ0v) is 8.97. The molecule has 0 aliphatic heterocycles. The summed E-state index contributed by atoms with van der Waals surface area (Å²) >= 11 is 5.49. The molecule has 0 aromatic heterocycles. The topological polar surface area (TPSA) is 29.1 Å². The van der Waals surface area contributed by atoms with Gasteiger partial charge in [-0.05, 0) is 18.1 Å². The number of benzene rings is 1. The van der Waals surface area contributed by atoms with Crippen molar-refractivity contribution in [3.63, 3.8) is 0 Å². The van der Waals surface area contributed by atoms with Gasteiger partial charge in [0.05, 0.1) is 0 Å². The Labute approximate surface area is 89.3 Å². The van der Waals surface area contributed by atoms with Crippen LogP contribution < -0.4 is 5.32 Å². The van der Waals surface area contributed by atoms with Crippen LogP contribution in [-0.2, 0) is 6.42 Å². The van der Waals surface area contributed by atoms with E-state index in [-0.39, 0.29) is 5.91 Å². The van der Waals surface area contributed by atoms with Crippen LogP contribution in [0.25, 0.3) is 0 Å². The molecule has 1 N–H and O–H groups in total. The Morgan fingerprint density at radius 1 is 1.43 bits per heavy atom. The van der Waals surface area contributed by atoms with Crippen molar-refractivity contribution >= 4 is 17.5 Å².